The number of carbonyl (C=O) groups excluding carboxylic acids is 1. The van der Waals surface area contributed by atoms with Gasteiger partial charge in [0.05, 0.1) is 11.2 Å². The Morgan fingerprint density at radius 1 is 1.32 bits per heavy atom. The van der Waals surface area contributed by atoms with Crippen molar-refractivity contribution in [1.29, 1.82) is 0 Å². The Hall–Kier alpha value is -2.21. The number of piperidine rings is 1. The predicted molar refractivity (Wildman–Crippen MR) is 104 cm³/mol. The highest BCUT2D eigenvalue weighted by Crippen LogP contribution is 2.33. The zero-order valence-electron chi connectivity index (χ0n) is 15.0. The number of aryl methyl sites for hydroxylation is 1. The number of likely N-dealkylation sites (tertiary alicyclic amines) is 1. The van der Waals surface area contributed by atoms with Crippen LogP contribution in [0.25, 0.3) is 11.0 Å². The van der Waals surface area contributed by atoms with Gasteiger partial charge in [-0.1, -0.05) is 13.8 Å². The van der Waals surface area contributed by atoms with Gasteiger partial charge in [0, 0.05) is 32.3 Å². The van der Waals surface area contributed by atoms with Gasteiger partial charge in [0.25, 0.3) is 5.91 Å². The molecule has 1 saturated heterocycles. The first-order valence-electron chi connectivity index (χ1n) is 8.86. The van der Waals surface area contributed by atoms with Crippen molar-refractivity contribution in [2.75, 3.05) is 13.1 Å². The van der Waals surface area contributed by atoms with E-state index in [1.807, 2.05) is 31.7 Å². The molecule has 1 fully saturated rings. The molecule has 0 bridgehead atoms. The van der Waals surface area contributed by atoms with Crippen LogP contribution in [-0.4, -0.2) is 38.8 Å². The molecule has 1 aliphatic heterocycles. The number of hydrogen-bond acceptors (Lipinski definition) is 4. The summed E-state index contributed by atoms with van der Waals surface area (Å²) in [6.07, 6.45) is 7.56. The Kier molecular flexibility index (Phi) is 5.48. The minimum Gasteiger partial charge on any atom is -0.346 e. The maximum Gasteiger partial charge on any atom is 0.265 e. The second-order valence-electron chi connectivity index (χ2n) is 5.95. The van der Waals surface area contributed by atoms with Crippen LogP contribution in [0.5, 0.6) is 0 Å². The van der Waals surface area contributed by atoms with Gasteiger partial charge in [-0.3, -0.25) is 4.79 Å². The van der Waals surface area contributed by atoms with Crippen LogP contribution in [0.15, 0.2) is 30.7 Å². The molecule has 1 N–H and O–H groups in total. The molecule has 1 amide bonds. The van der Waals surface area contributed by atoms with Crippen molar-refractivity contribution in [3.05, 3.63) is 46.2 Å². The number of hydrogen-bond donors (Lipinski definition) is 1. The zero-order chi connectivity index (χ0) is 17.8. The molecular formula is C19H26N4OS. The molecule has 0 spiro atoms. The Bertz CT molecular complexity index is 852. The van der Waals surface area contributed by atoms with Crippen molar-refractivity contribution in [2.45, 2.75) is 39.5 Å². The average molecular weight is 359 g/mol. The quantitative estimate of drug-likeness (QED) is 0.727. The Morgan fingerprint density at radius 3 is 2.76 bits per heavy atom. The van der Waals surface area contributed by atoms with Crippen LogP contribution in [0.1, 0.15) is 54.3 Å². The third kappa shape index (κ3) is 3.58. The van der Waals surface area contributed by atoms with E-state index in [1.54, 1.807) is 12.4 Å². The van der Waals surface area contributed by atoms with Gasteiger partial charge in [-0.05, 0) is 43.4 Å². The summed E-state index contributed by atoms with van der Waals surface area (Å²) in [6.45, 7) is 7.53. The standard InChI is InChI=1S/C17H18N4OS.C2H6.H2/c1-11-19-10-15(23-11)17(22)21-7-4-12(5-8-21)14-9-20-16-13(14)3-2-6-18-16;1-2;/h2-3,6,9-10,12H,4-5,7-8H2,1H3,(H,18,20);1-2H3;1H. The molecule has 3 aromatic rings. The second kappa shape index (κ2) is 7.78. The summed E-state index contributed by atoms with van der Waals surface area (Å²) in [4.78, 5) is 27.0. The predicted octanol–water partition coefficient (Wildman–Crippen LogP) is 4.62. The number of nitrogens with zero attached hydrogens (tertiary/aromatic N) is 3. The van der Waals surface area contributed by atoms with Crippen molar-refractivity contribution >= 4 is 28.3 Å². The Balaban J connectivity index is 0.000000784. The van der Waals surface area contributed by atoms with Crippen molar-refractivity contribution in [2.24, 2.45) is 0 Å². The monoisotopic (exact) mass is 358 g/mol. The zero-order valence-corrected chi connectivity index (χ0v) is 15.8. The smallest absolute Gasteiger partial charge is 0.265 e. The third-order valence-corrected chi connectivity index (χ3v) is 5.44. The SMILES string of the molecule is CC.Cc1ncc(C(=O)N2CCC(c3c[nH]c4ncccc34)CC2)s1.[HH]. The summed E-state index contributed by atoms with van der Waals surface area (Å²) >= 11 is 1.47. The Morgan fingerprint density at radius 2 is 2.08 bits per heavy atom. The molecule has 3 aromatic heterocycles. The van der Waals surface area contributed by atoms with Crippen LogP contribution >= 0.6 is 11.3 Å². The molecule has 0 radical (unpaired) electrons. The first-order valence-corrected chi connectivity index (χ1v) is 9.68. The van der Waals surface area contributed by atoms with Gasteiger partial charge in [-0.15, -0.1) is 11.3 Å². The van der Waals surface area contributed by atoms with Crippen LogP contribution in [-0.2, 0) is 0 Å². The summed E-state index contributed by atoms with van der Waals surface area (Å²) < 4.78 is 0. The van der Waals surface area contributed by atoms with E-state index >= 15 is 0 Å². The van der Waals surface area contributed by atoms with E-state index in [4.69, 9.17) is 0 Å². The molecular weight excluding hydrogens is 332 g/mol. The number of aromatic amines is 1. The van der Waals surface area contributed by atoms with Gasteiger partial charge in [0.1, 0.15) is 10.5 Å². The topological polar surface area (TPSA) is 61.9 Å². The number of thiazole rings is 1. The number of amides is 1. The number of rotatable bonds is 2. The van der Waals surface area contributed by atoms with Gasteiger partial charge in [-0.25, -0.2) is 9.97 Å². The maximum absolute atomic E-state index is 12.5. The molecule has 134 valence electrons. The molecule has 4 heterocycles. The number of aromatic nitrogens is 3. The Labute approximate surface area is 153 Å². The summed E-state index contributed by atoms with van der Waals surface area (Å²) in [5.74, 6) is 0.606. The summed E-state index contributed by atoms with van der Waals surface area (Å²) in [5, 5.41) is 2.14. The van der Waals surface area contributed by atoms with E-state index in [0.717, 1.165) is 41.5 Å². The van der Waals surface area contributed by atoms with Crippen molar-refractivity contribution in [3.8, 4) is 0 Å². The maximum atomic E-state index is 12.5. The number of carbonyl (C=O) groups is 1. The summed E-state index contributed by atoms with van der Waals surface area (Å²) in [5.41, 5.74) is 2.27. The van der Waals surface area contributed by atoms with E-state index in [1.165, 1.54) is 22.3 Å². The van der Waals surface area contributed by atoms with Crippen LogP contribution in [0, 0.1) is 6.92 Å². The molecule has 6 heteroatoms. The minimum absolute atomic E-state index is 0. The molecule has 25 heavy (non-hydrogen) atoms. The molecule has 0 saturated carbocycles. The molecule has 0 aromatic carbocycles. The molecule has 0 unspecified atom stereocenters. The number of fused-ring (bicyclic) bond motifs is 1. The van der Waals surface area contributed by atoms with Crippen molar-refractivity contribution in [3.63, 3.8) is 0 Å². The first kappa shape index (κ1) is 17.6. The lowest BCUT2D eigenvalue weighted by Gasteiger charge is -2.31. The lowest BCUT2D eigenvalue weighted by atomic mass is 9.89. The normalized spacial score (nSPS) is 15.1. The van der Waals surface area contributed by atoms with Gasteiger partial charge < -0.3 is 9.88 Å². The van der Waals surface area contributed by atoms with E-state index < -0.39 is 0 Å². The van der Waals surface area contributed by atoms with E-state index in [0.29, 0.717) is 5.92 Å². The number of nitrogens with one attached hydrogen (secondary N) is 1. The lowest BCUT2D eigenvalue weighted by molar-refractivity contribution is 0.0718. The van der Waals surface area contributed by atoms with Crippen LogP contribution < -0.4 is 0 Å². The van der Waals surface area contributed by atoms with E-state index in [2.05, 4.69) is 27.2 Å². The fraction of sp³-hybridized carbons (Fsp3) is 0.421. The van der Waals surface area contributed by atoms with E-state index in [9.17, 15) is 4.79 Å². The van der Waals surface area contributed by atoms with Gasteiger partial charge in [0.15, 0.2) is 0 Å². The second-order valence-corrected chi connectivity index (χ2v) is 7.19. The molecule has 5 nitrogen and oxygen atoms in total. The highest BCUT2D eigenvalue weighted by Gasteiger charge is 2.26. The average Bonchev–Trinajstić information content (AvgIpc) is 3.29. The largest absolute Gasteiger partial charge is 0.346 e. The molecule has 4 rings (SSSR count). The van der Waals surface area contributed by atoms with E-state index in [-0.39, 0.29) is 7.33 Å². The number of H-pyrrole nitrogens is 1. The van der Waals surface area contributed by atoms with Crippen molar-refractivity contribution in [1.82, 2.24) is 19.9 Å². The van der Waals surface area contributed by atoms with Gasteiger partial charge in [-0.2, -0.15) is 0 Å². The molecule has 0 aliphatic carbocycles. The third-order valence-electron chi connectivity index (χ3n) is 4.54. The molecule has 1 aliphatic rings. The lowest BCUT2D eigenvalue weighted by Crippen LogP contribution is -2.37. The minimum atomic E-state index is 0. The van der Waals surface area contributed by atoms with Crippen LogP contribution in [0.3, 0.4) is 0 Å². The fourth-order valence-electron chi connectivity index (χ4n) is 3.32. The first-order chi connectivity index (χ1) is 12.2. The van der Waals surface area contributed by atoms with Crippen LogP contribution in [0.2, 0.25) is 0 Å². The highest BCUT2D eigenvalue weighted by molar-refractivity contribution is 7.13. The summed E-state index contributed by atoms with van der Waals surface area (Å²) in [7, 11) is 0. The fourth-order valence-corrected chi connectivity index (χ4v) is 4.07. The van der Waals surface area contributed by atoms with Gasteiger partial charge >= 0.3 is 0 Å². The highest BCUT2D eigenvalue weighted by atomic mass is 32.1. The van der Waals surface area contributed by atoms with Crippen LogP contribution in [0.4, 0.5) is 0 Å². The van der Waals surface area contributed by atoms with Gasteiger partial charge in [0.2, 0.25) is 0 Å². The van der Waals surface area contributed by atoms with Crippen molar-refractivity contribution < 1.29 is 6.22 Å². The number of pyridine rings is 1. The molecule has 0 atom stereocenters. The summed E-state index contributed by atoms with van der Waals surface area (Å²) in [6, 6.07) is 4.09.